The highest BCUT2D eigenvalue weighted by Gasteiger charge is 2.32. The average molecular weight is 571 g/mol. The normalized spacial score (nSPS) is 13.6. The van der Waals surface area contributed by atoms with Gasteiger partial charge in [-0.1, -0.05) is 34.1 Å². The number of benzene rings is 3. The third kappa shape index (κ3) is 4.31. The zero-order valence-electron chi connectivity index (χ0n) is 19.7. The number of amides is 1. The SMILES string of the molecule is COc1cc(C)ccc1S(=O)(=O)NC(=O)C(c1ccc2c(c1)OCO2)c1cn(C)c2cc(Br)ccc12. The lowest BCUT2D eigenvalue weighted by Gasteiger charge is -2.18. The van der Waals surface area contributed by atoms with Gasteiger partial charge in [0, 0.05) is 28.6 Å². The Balaban J connectivity index is 1.62. The van der Waals surface area contributed by atoms with Crippen molar-refractivity contribution in [3.8, 4) is 17.2 Å². The van der Waals surface area contributed by atoms with Crippen LogP contribution >= 0.6 is 15.9 Å². The minimum absolute atomic E-state index is 0.0829. The van der Waals surface area contributed by atoms with Gasteiger partial charge in [0.1, 0.15) is 10.6 Å². The molecule has 0 aliphatic carbocycles. The summed E-state index contributed by atoms with van der Waals surface area (Å²) in [5.41, 5.74) is 2.94. The molecule has 10 heteroatoms. The van der Waals surface area contributed by atoms with Gasteiger partial charge in [-0.2, -0.15) is 0 Å². The third-order valence-corrected chi connectivity index (χ3v) is 8.01. The van der Waals surface area contributed by atoms with Crippen LogP contribution in [0.25, 0.3) is 10.9 Å². The van der Waals surface area contributed by atoms with E-state index in [-0.39, 0.29) is 17.4 Å². The number of halogens is 1. The maximum atomic E-state index is 13.8. The summed E-state index contributed by atoms with van der Waals surface area (Å²) >= 11 is 3.49. The second kappa shape index (κ2) is 9.18. The van der Waals surface area contributed by atoms with Crippen molar-refractivity contribution in [3.05, 3.63) is 82.0 Å². The molecule has 0 radical (unpaired) electrons. The number of rotatable bonds is 6. The maximum absolute atomic E-state index is 13.8. The highest BCUT2D eigenvalue weighted by molar-refractivity contribution is 9.10. The maximum Gasteiger partial charge on any atom is 0.267 e. The Morgan fingerprint density at radius 1 is 1.08 bits per heavy atom. The molecule has 1 aliphatic heterocycles. The molecule has 1 aliphatic rings. The van der Waals surface area contributed by atoms with Gasteiger partial charge in [0.05, 0.1) is 13.0 Å². The monoisotopic (exact) mass is 570 g/mol. The average Bonchev–Trinajstić information content (AvgIpc) is 3.42. The summed E-state index contributed by atoms with van der Waals surface area (Å²) in [5, 5.41) is 0.823. The van der Waals surface area contributed by atoms with Gasteiger partial charge in [-0.3, -0.25) is 4.79 Å². The van der Waals surface area contributed by atoms with Crippen molar-refractivity contribution in [3.63, 3.8) is 0 Å². The van der Waals surface area contributed by atoms with E-state index >= 15 is 0 Å². The lowest BCUT2D eigenvalue weighted by atomic mass is 9.90. The van der Waals surface area contributed by atoms with E-state index in [0.717, 1.165) is 20.9 Å². The topological polar surface area (TPSA) is 95.9 Å². The van der Waals surface area contributed by atoms with Gasteiger partial charge in [-0.15, -0.1) is 0 Å². The summed E-state index contributed by atoms with van der Waals surface area (Å²) in [5.74, 6) is -0.430. The molecule has 8 nitrogen and oxygen atoms in total. The molecule has 0 fully saturated rings. The quantitative estimate of drug-likeness (QED) is 0.363. The zero-order chi connectivity index (χ0) is 25.6. The van der Waals surface area contributed by atoms with Gasteiger partial charge in [0.25, 0.3) is 10.0 Å². The molecule has 1 aromatic heterocycles. The fourth-order valence-corrected chi connectivity index (χ4v) is 5.92. The molecule has 4 aromatic rings. The molecule has 5 rings (SSSR count). The first-order chi connectivity index (χ1) is 17.2. The van der Waals surface area contributed by atoms with Crippen molar-refractivity contribution in [2.45, 2.75) is 17.7 Å². The first kappa shape index (κ1) is 24.2. The van der Waals surface area contributed by atoms with Gasteiger partial charge in [-0.05, 0) is 60.0 Å². The van der Waals surface area contributed by atoms with Crippen LogP contribution in [0, 0.1) is 6.92 Å². The van der Waals surface area contributed by atoms with Crippen LogP contribution in [0.4, 0.5) is 0 Å². The van der Waals surface area contributed by atoms with Crippen LogP contribution in [0.1, 0.15) is 22.6 Å². The molecule has 0 saturated carbocycles. The Bertz CT molecular complexity index is 1610. The summed E-state index contributed by atoms with van der Waals surface area (Å²) in [6, 6.07) is 15.6. The van der Waals surface area contributed by atoms with Crippen LogP contribution in [0.3, 0.4) is 0 Å². The molecule has 0 bridgehead atoms. The molecular formula is C26H23BrN2O6S. The number of aryl methyl sites for hydroxylation is 2. The summed E-state index contributed by atoms with van der Waals surface area (Å²) in [6.07, 6.45) is 1.84. The second-order valence-electron chi connectivity index (χ2n) is 8.53. The summed E-state index contributed by atoms with van der Waals surface area (Å²) in [4.78, 5) is 13.7. The number of ether oxygens (including phenoxy) is 3. The molecule has 0 spiro atoms. The molecule has 2 heterocycles. The largest absolute Gasteiger partial charge is 0.495 e. The number of nitrogens with one attached hydrogen (secondary N) is 1. The highest BCUT2D eigenvalue weighted by Crippen LogP contribution is 2.39. The number of hydrogen-bond donors (Lipinski definition) is 1. The van der Waals surface area contributed by atoms with E-state index in [4.69, 9.17) is 14.2 Å². The summed E-state index contributed by atoms with van der Waals surface area (Å²) in [6.45, 7) is 1.91. The Morgan fingerprint density at radius 2 is 1.86 bits per heavy atom. The summed E-state index contributed by atoms with van der Waals surface area (Å²) < 4.78 is 48.0. The molecule has 0 saturated heterocycles. The number of aromatic nitrogens is 1. The molecule has 3 aromatic carbocycles. The fourth-order valence-electron chi connectivity index (χ4n) is 4.43. The number of sulfonamides is 1. The van der Waals surface area contributed by atoms with Gasteiger partial charge < -0.3 is 18.8 Å². The smallest absolute Gasteiger partial charge is 0.267 e. The Hall–Kier alpha value is -3.50. The molecular weight excluding hydrogens is 548 g/mol. The molecule has 186 valence electrons. The zero-order valence-corrected chi connectivity index (χ0v) is 22.1. The van der Waals surface area contributed by atoms with Gasteiger partial charge in [-0.25, -0.2) is 13.1 Å². The van der Waals surface area contributed by atoms with Crippen molar-refractivity contribution in [1.29, 1.82) is 0 Å². The number of carbonyl (C=O) groups is 1. The minimum Gasteiger partial charge on any atom is -0.495 e. The van der Waals surface area contributed by atoms with E-state index in [1.165, 1.54) is 13.2 Å². The molecule has 1 N–H and O–H groups in total. The van der Waals surface area contributed by atoms with Crippen LogP contribution in [-0.2, 0) is 21.9 Å². The van der Waals surface area contributed by atoms with E-state index < -0.39 is 21.8 Å². The first-order valence-corrected chi connectivity index (χ1v) is 13.3. The molecule has 1 amide bonds. The van der Waals surface area contributed by atoms with Crippen LogP contribution in [0.2, 0.25) is 0 Å². The second-order valence-corrected chi connectivity index (χ2v) is 11.1. The Morgan fingerprint density at radius 3 is 2.64 bits per heavy atom. The van der Waals surface area contributed by atoms with Gasteiger partial charge >= 0.3 is 0 Å². The van der Waals surface area contributed by atoms with Crippen molar-refractivity contribution < 1.29 is 27.4 Å². The fraction of sp³-hybridized carbons (Fsp3) is 0.192. The van der Waals surface area contributed by atoms with E-state index in [2.05, 4.69) is 20.7 Å². The predicted molar refractivity (Wildman–Crippen MR) is 138 cm³/mol. The standard InChI is InChI=1S/C26H23BrN2O6S/c1-15-4-9-24(23(10-15)33-3)36(31,32)28-26(30)25(16-5-8-21-22(11-16)35-14-34-21)19-13-29(2)20-12-17(27)6-7-18(19)20/h4-13,25H,14H2,1-3H3,(H,28,30). The Kier molecular flexibility index (Phi) is 6.17. The van der Waals surface area contributed by atoms with E-state index in [9.17, 15) is 13.2 Å². The van der Waals surface area contributed by atoms with Crippen LogP contribution in [0.15, 0.2) is 70.2 Å². The number of carbonyl (C=O) groups excluding carboxylic acids is 1. The molecule has 1 atom stereocenters. The van der Waals surface area contributed by atoms with E-state index in [1.807, 2.05) is 42.9 Å². The number of methoxy groups -OCH3 is 1. The van der Waals surface area contributed by atoms with Crippen LogP contribution in [-0.4, -0.2) is 32.8 Å². The van der Waals surface area contributed by atoms with Crippen LogP contribution in [0.5, 0.6) is 17.2 Å². The lowest BCUT2D eigenvalue weighted by molar-refractivity contribution is -0.119. The lowest BCUT2D eigenvalue weighted by Crippen LogP contribution is -2.35. The summed E-state index contributed by atoms with van der Waals surface area (Å²) in [7, 11) is -0.976. The van der Waals surface area contributed by atoms with Crippen molar-refractivity contribution in [2.24, 2.45) is 7.05 Å². The van der Waals surface area contributed by atoms with Crippen molar-refractivity contribution >= 4 is 42.8 Å². The predicted octanol–water partition coefficient (Wildman–Crippen LogP) is 4.62. The molecule has 1 unspecified atom stereocenters. The third-order valence-electron chi connectivity index (χ3n) is 6.13. The van der Waals surface area contributed by atoms with Gasteiger partial charge in [0.15, 0.2) is 11.5 Å². The Labute approximate surface area is 217 Å². The van der Waals surface area contributed by atoms with E-state index in [0.29, 0.717) is 22.6 Å². The number of nitrogens with zero attached hydrogens (tertiary/aromatic N) is 1. The first-order valence-electron chi connectivity index (χ1n) is 11.0. The number of hydrogen-bond acceptors (Lipinski definition) is 6. The highest BCUT2D eigenvalue weighted by atomic mass is 79.9. The number of fused-ring (bicyclic) bond motifs is 2. The van der Waals surface area contributed by atoms with Crippen LogP contribution < -0.4 is 18.9 Å². The molecule has 36 heavy (non-hydrogen) atoms. The minimum atomic E-state index is -4.24. The van der Waals surface area contributed by atoms with Crippen molar-refractivity contribution in [2.75, 3.05) is 13.9 Å². The van der Waals surface area contributed by atoms with E-state index in [1.54, 1.807) is 30.3 Å². The van der Waals surface area contributed by atoms with Crippen molar-refractivity contribution in [1.82, 2.24) is 9.29 Å². The van der Waals surface area contributed by atoms with Gasteiger partial charge in [0.2, 0.25) is 12.7 Å².